The Morgan fingerprint density at radius 2 is 2.00 bits per heavy atom. The average molecular weight is 308 g/mol. The zero-order valence-electron chi connectivity index (χ0n) is 12.8. The van der Waals surface area contributed by atoms with Gasteiger partial charge in [0, 0.05) is 4.88 Å². The number of rotatable bonds is 9. The molecule has 5 nitrogen and oxygen atoms in total. The number of aryl methyl sites for hydroxylation is 1. The Kier molecular flexibility index (Phi) is 6.20. The van der Waals surface area contributed by atoms with Gasteiger partial charge in [0.05, 0.1) is 12.0 Å². The van der Waals surface area contributed by atoms with Gasteiger partial charge >= 0.3 is 0 Å². The number of hydrazine groups is 1. The number of nitrogens with two attached hydrogens (primary N) is 1. The number of ether oxygens (including phenoxy) is 1. The lowest BCUT2D eigenvalue weighted by Crippen LogP contribution is -2.11. The Balaban J connectivity index is 2.04. The maximum absolute atomic E-state index is 5.86. The van der Waals surface area contributed by atoms with Crippen LogP contribution in [0.15, 0.2) is 6.07 Å². The van der Waals surface area contributed by atoms with Gasteiger partial charge in [0.15, 0.2) is 0 Å². The van der Waals surface area contributed by atoms with Crippen LogP contribution in [0, 0.1) is 0 Å². The quantitative estimate of drug-likeness (QED) is 0.418. The van der Waals surface area contributed by atoms with Crippen molar-refractivity contribution in [3.05, 3.63) is 10.9 Å². The second-order valence-corrected chi connectivity index (χ2v) is 6.16. The number of anilines is 1. The maximum Gasteiger partial charge on any atom is 0.241 e. The number of hydrogen-bond acceptors (Lipinski definition) is 6. The molecule has 0 fully saturated rings. The summed E-state index contributed by atoms with van der Waals surface area (Å²) in [6.45, 7) is 5.04. The predicted octanol–water partition coefficient (Wildman–Crippen LogP) is 3.89. The van der Waals surface area contributed by atoms with Crippen LogP contribution in [0.4, 0.5) is 5.95 Å². The number of nitrogens with zero attached hydrogens (tertiary/aromatic N) is 2. The zero-order chi connectivity index (χ0) is 15.1. The van der Waals surface area contributed by atoms with Crippen molar-refractivity contribution < 1.29 is 4.74 Å². The van der Waals surface area contributed by atoms with Crippen molar-refractivity contribution in [2.75, 3.05) is 12.0 Å². The highest BCUT2D eigenvalue weighted by molar-refractivity contribution is 7.18. The van der Waals surface area contributed by atoms with E-state index in [1.165, 1.54) is 30.6 Å². The number of aromatic nitrogens is 2. The largest absolute Gasteiger partial charge is 0.477 e. The first-order chi connectivity index (χ1) is 10.3. The molecule has 116 valence electrons. The van der Waals surface area contributed by atoms with E-state index in [1.807, 2.05) is 0 Å². The van der Waals surface area contributed by atoms with Crippen LogP contribution < -0.4 is 16.0 Å². The van der Waals surface area contributed by atoms with E-state index in [-0.39, 0.29) is 0 Å². The van der Waals surface area contributed by atoms with Gasteiger partial charge < -0.3 is 4.74 Å². The monoisotopic (exact) mass is 308 g/mol. The Bertz CT molecular complexity index is 570. The number of nitrogen functional groups attached to an aromatic ring is 1. The molecular weight excluding hydrogens is 284 g/mol. The lowest BCUT2D eigenvalue weighted by atomic mass is 10.2. The van der Waals surface area contributed by atoms with E-state index < -0.39 is 0 Å². The van der Waals surface area contributed by atoms with Crippen LogP contribution in [-0.4, -0.2) is 16.6 Å². The topological polar surface area (TPSA) is 73.1 Å². The molecule has 0 amide bonds. The van der Waals surface area contributed by atoms with Gasteiger partial charge in [0.25, 0.3) is 0 Å². The van der Waals surface area contributed by atoms with Crippen molar-refractivity contribution in [3.63, 3.8) is 0 Å². The minimum absolute atomic E-state index is 0.410. The van der Waals surface area contributed by atoms with Crippen molar-refractivity contribution in [1.82, 2.24) is 9.97 Å². The van der Waals surface area contributed by atoms with Crippen LogP contribution in [0.25, 0.3) is 10.2 Å². The molecule has 3 N–H and O–H groups in total. The van der Waals surface area contributed by atoms with E-state index in [0.717, 1.165) is 23.1 Å². The summed E-state index contributed by atoms with van der Waals surface area (Å²) in [5, 5.41) is 0.990. The van der Waals surface area contributed by atoms with Gasteiger partial charge in [-0.25, -0.2) is 10.8 Å². The van der Waals surface area contributed by atoms with E-state index >= 15 is 0 Å². The van der Waals surface area contributed by atoms with Crippen LogP contribution in [0.2, 0.25) is 0 Å². The minimum Gasteiger partial charge on any atom is -0.477 e. The molecule has 0 saturated carbocycles. The second-order valence-electron chi connectivity index (χ2n) is 5.04. The second kappa shape index (κ2) is 8.14. The minimum atomic E-state index is 0.410. The standard InChI is InChI=1S/C15H24N4OS/c1-3-5-6-7-8-9-20-13-12-10-11(4-2)21-14(12)18-15(17-13)19-16/h10H,3-9,16H2,1-2H3,(H,17,18,19). The van der Waals surface area contributed by atoms with Crippen LogP contribution in [0.5, 0.6) is 5.88 Å². The first-order valence-corrected chi connectivity index (χ1v) is 8.50. The third-order valence-corrected chi connectivity index (χ3v) is 4.55. The molecule has 6 heteroatoms. The Labute approximate surface area is 129 Å². The van der Waals surface area contributed by atoms with Crippen molar-refractivity contribution in [1.29, 1.82) is 0 Å². The highest BCUT2D eigenvalue weighted by atomic mass is 32.1. The summed E-state index contributed by atoms with van der Waals surface area (Å²) in [6, 6.07) is 2.12. The number of fused-ring (bicyclic) bond motifs is 1. The summed E-state index contributed by atoms with van der Waals surface area (Å²) >= 11 is 1.66. The average Bonchev–Trinajstić information content (AvgIpc) is 2.93. The molecule has 2 heterocycles. The van der Waals surface area contributed by atoms with Crippen molar-refractivity contribution in [3.8, 4) is 5.88 Å². The molecule has 0 aliphatic rings. The molecule has 0 aliphatic heterocycles. The fourth-order valence-electron chi connectivity index (χ4n) is 2.17. The smallest absolute Gasteiger partial charge is 0.241 e. The van der Waals surface area contributed by atoms with E-state index in [2.05, 4.69) is 35.3 Å². The number of hydrogen-bond donors (Lipinski definition) is 2. The lowest BCUT2D eigenvalue weighted by Gasteiger charge is -2.07. The van der Waals surface area contributed by atoms with Gasteiger partial charge in [-0.2, -0.15) is 4.98 Å². The van der Waals surface area contributed by atoms with Gasteiger partial charge in [0.1, 0.15) is 4.83 Å². The molecule has 0 bridgehead atoms. The molecular formula is C15H24N4OS. The van der Waals surface area contributed by atoms with Crippen LogP contribution in [-0.2, 0) is 6.42 Å². The van der Waals surface area contributed by atoms with Crippen molar-refractivity contribution in [2.45, 2.75) is 52.4 Å². The maximum atomic E-state index is 5.86. The fraction of sp³-hybridized carbons (Fsp3) is 0.600. The highest BCUT2D eigenvalue weighted by Crippen LogP contribution is 2.31. The third kappa shape index (κ3) is 4.28. The Morgan fingerprint density at radius 3 is 2.71 bits per heavy atom. The summed E-state index contributed by atoms with van der Waals surface area (Å²) in [4.78, 5) is 10.9. The summed E-state index contributed by atoms with van der Waals surface area (Å²) in [5.74, 6) is 6.48. The summed E-state index contributed by atoms with van der Waals surface area (Å²) in [6.07, 6.45) is 7.07. The van der Waals surface area contributed by atoms with Gasteiger partial charge in [-0.3, -0.25) is 5.43 Å². The van der Waals surface area contributed by atoms with E-state index in [0.29, 0.717) is 18.4 Å². The molecule has 2 aromatic heterocycles. The molecule has 0 unspecified atom stereocenters. The first kappa shape index (κ1) is 16.0. The van der Waals surface area contributed by atoms with Gasteiger partial charge in [-0.15, -0.1) is 11.3 Å². The Morgan fingerprint density at radius 1 is 1.19 bits per heavy atom. The third-order valence-electron chi connectivity index (χ3n) is 3.37. The predicted molar refractivity (Wildman–Crippen MR) is 88.9 cm³/mol. The zero-order valence-corrected chi connectivity index (χ0v) is 13.6. The molecule has 0 aliphatic carbocycles. The van der Waals surface area contributed by atoms with Gasteiger partial charge in [-0.05, 0) is 18.9 Å². The molecule has 0 saturated heterocycles. The number of thiophene rings is 1. The SMILES string of the molecule is CCCCCCCOc1nc(NN)nc2sc(CC)cc12. The molecule has 2 rings (SSSR count). The molecule has 0 aromatic carbocycles. The van der Waals surface area contributed by atoms with Crippen LogP contribution >= 0.6 is 11.3 Å². The number of unbranched alkanes of at least 4 members (excludes halogenated alkanes) is 4. The van der Waals surface area contributed by atoms with Crippen LogP contribution in [0.1, 0.15) is 50.8 Å². The first-order valence-electron chi connectivity index (χ1n) is 7.68. The fourth-order valence-corrected chi connectivity index (χ4v) is 3.13. The molecule has 0 radical (unpaired) electrons. The van der Waals surface area contributed by atoms with Gasteiger partial charge in [-0.1, -0.05) is 39.5 Å². The summed E-state index contributed by atoms with van der Waals surface area (Å²) in [7, 11) is 0. The summed E-state index contributed by atoms with van der Waals surface area (Å²) in [5.41, 5.74) is 2.51. The van der Waals surface area contributed by atoms with E-state index in [1.54, 1.807) is 11.3 Å². The molecule has 21 heavy (non-hydrogen) atoms. The molecule has 2 aromatic rings. The highest BCUT2D eigenvalue weighted by Gasteiger charge is 2.12. The lowest BCUT2D eigenvalue weighted by molar-refractivity contribution is 0.297. The normalized spacial score (nSPS) is 11.0. The van der Waals surface area contributed by atoms with E-state index in [4.69, 9.17) is 10.6 Å². The van der Waals surface area contributed by atoms with Crippen LogP contribution in [0.3, 0.4) is 0 Å². The molecule has 0 atom stereocenters. The number of nitrogens with one attached hydrogen (secondary N) is 1. The van der Waals surface area contributed by atoms with Gasteiger partial charge in [0.2, 0.25) is 11.8 Å². The Hall–Kier alpha value is -1.40. The molecule has 0 spiro atoms. The summed E-state index contributed by atoms with van der Waals surface area (Å²) < 4.78 is 5.86. The van der Waals surface area contributed by atoms with Crippen molar-refractivity contribution in [2.24, 2.45) is 5.84 Å². The van der Waals surface area contributed by atoms with E-state index in [9.17, 15) is 0 Å². The van der Waals surface area contributed by atoms with Crippen molar-refractivity contribution >= 4 is 27.5 Å².